The Bertz CT molecular complexity index is 604. The number of carbonyl (C=O) groups is 2. The monoisotopic (exact) mass is 332 g/mol. The Morgan fingerprint density at radius 1 is 1.29 bits per heavy atom. The van der Waals surface area contributed by atoms with Crippen molar-refractivity contribution >= 4 is 17.5 Å². The minimum absolute atomic E-state index is 0.00267. The van der Waals surface area contributed by atoms with Crippen molar-refractivity contribution in [2.75, 3.05) is 25.6 Å². The molecule has 1 aliphatic rings. The summed E-state index contributed by atoms with van der Waals surface area (Å²) in [6.45, 7) is 8.84. The maximum absolute atomic E-state index is 12.8. The molecule has 0 radical (unpaired) electrons. The molecule has 0 N–H and O–H groups in total. The number of carbonyl (C=O) groups excluding carboxylic acids is 2. The van der Waals surface area contributed by atoms with Crippen LogP contribution in [0.25, 0.3) is 0 Å². The normalized spacial score (nSPS) is 19.3. The highest BCUT2D eigenvalue weighted by atomic mass is 16.5. The summed E-state index contributed by atoms with van der Waals surface area (Å²) in [5.41, 5.74) is 0.811. The lowest BCUT2D eigenvalue weighted by Gasteiger charge is -2.36. The van der Waals surface area contributed by atoms with E-state index in [9.17, 15) is 9.59 Å². The largest absolute Gasteiger partial charge is 0.497 e. The number of rotatable bonds is 4. The van der Waals surface area contributed by atoms with Crippen molar-refractivity contribution < 1.29 is 14.3 Å². The zero-order valence-electron chi connectivity index (χ0n) is 15.5. The SMILES string of the molecule is COc1ccc(N2C[C@H](C(=O)N(C)[C@@H](C)C(C)(C)C)CC2=O)cc1. The van der Waals surface area contributed by atoms with E-state index in [2.05, 4.69) is 27.7 Å². The van der Waals surface area contributed by atoms with Crippen LogP contribution in [0.15, 0.2) is 24.3 Å². The van der Waals surface area contributed by atoms with Gasteiger partial charge in [-0.15, -0.1) is 0 Å². The van der Waals surface area contributed by atoms with Gasteiger partial charge < -0.3 is 14.5 Å². The Morgan fingerprint density at radius 2 is 1.88 bits per heavy atom. The van der Waals surface area contributed by atoms with E-state index in [0.29, 0.717) is 6.54 Å². The summed E-state index contributed by atoms with van der Waals surface area (Å²) < 4.78 is 5.14. The summed E-state index contributed by atoms with van der Waals surface area (Å²) in [7, 11) is 3.44. The van der Waals surface area contributed by atoms with Crippen molar-refractivity contribution in [2.45, 2.75) is 40.2 Å². The molecule has 132 valence electrons. The van der Waals surface area contributed by atoms with Gasteiger partial charge in [0.25, 0.3) is 0 Å². The van der Waals surface area contributed by atoms with Crippen LogP contribution in [0.4, 0.5) is 5.69 Å². The molecule has 5 heteroatoms. The molecule has 0 aliphatic carbocycles. The van der Waals surface area contributed by atoms with Crippen LogP contribution in [0.5, 0.6) is 5.75 Å². The molecule has 0 saturated carbocycles. The van der Waals surface area contributed by atoms with Crippen LogP contribution >= 0.6 is 0 Å². The van der Waals surface area contributed by atoms with E-state index in [4.69, 9.17) is 4.74 Å². The Kier molecular flexibility index (Phi) is 5.21. The minimum atomic E-state index is -0.283. The molecular weight excluding hydrogens is 304 g/mol. The van der Waals surface area contributed by atoms with Gasteiger partial charge in [-0.3, -0.25) is 9.59 Å². The molecular formula is C19H28N2O3. The molecule has 1 heterocycles. The van der Waals surface area contributed by atoms with Crippen molar-refractivity contribution in [3.05, 3.63) is 24.3 Å². The van der Waals surface area contributed by atoms with Crippen LogP contribution in [0.2, 0.25) is 0 Å². The summed E-state index contributed by atoms with van der Waals surface area (Å²) in [4.78, 5) is 28.6. The average molecular weight is 332 g/mol. The first-order valence-corrected chi connectivity index (χ1v) is 8.36. The van der Waals surface area contributed by atoms with Crippen LogP contribution in [0.3, 0.4) is 0 Å². The molecule has 0 bridgehead atoms. The van der Waals surface area contributed by atoms with E-state index in [0.717, 1.165) is 11.4 Å². The minimum Gasteiger partial charge on any atom is -0.497 e. The molecule has 1 aliphatic heterocycles. The molecule has 0 aromatic heterocycles. The molecule has 1 fully saturated rings. The van der Waals surface area contributed by atoms with E-state index in [1.54, 1.807) is 16.9 Å². The van der Waals surface area contributed by atoms with E-state index in [1.807, 2.05) is 31.3 Å². The smallest absolute Gasteiger partial charge is 0.228 e. The zero-order chi connectivity index (χ0) is 18.1. The van der Waals surface area contributed by atoms with Crippen LogP contribution in [0.1, 0.15) is 34.1 Å². The Balaban J connectivity index is 2.09. The standard InChI is InChI=1S/C19H28N2O3/c1-13(19(2,3)4)20(5)18(23)14-11-17(22)21(12-14)15-7-9-16(24-6)10-8-15/h7-10,13-14H,11-12H2,1-6H3/t13-,14+/m0/s1. The Hall–Kier alpha value is -2.04. The lowest BCUT2D eigenvalue weighted by molar-refractivity contribution is -0.138. The first kappa shape index (κ1) is 18.3. The van der Waals surface area contributed by atoms with Gasteiger partial charge in [-0.05, 0) is 36.6 Å². The first-order chi connectivity index (χ1) is 11.1. The topological polar surface area (TPSA) is 49.9 Å². The average Bonchev–Trinajstić information content (AvgIpc) is 2.93. The van der Waals surface area contributed by atoms with Crippen LogP contribution < -0.4 is 9.64 Å². The maximum Gasteiger partial charge on any atom is 0.228 e. The molecule has 0 spiro atoms. The highest BCUT2D eigenvalue weighted by Crippen LogP contribution is 2.30. The summed E-state index contributed by atoms with van der Waals surface area (Å²) in [6.07, 6.45) is 0.270. The summed E-state index contributed by atoms with van der Waals surface area (Å²) in [5, 5.41) is 0. The number of amides is 2. The lowest BCUT2D eigenvalue weighted by Crippen LogP contribution is -2.46. The predicted molar refractivity (Wildman–Crippen MR) is 95.1 cm³/mol. The Morgan fingerprint density at radius 3 is 2.38 bits per heavy atom. The molecule has 1 saturated heterocycles. The van der Waals surface area contributed by atoms with Gasteiger partial charge in [0.1, 0.15) is 5.75 Å². The third-order valence-corrected chi connectivity index (χ3v) is 5.04. The van der Waals surface area contributed by atoms with Gasteiger partial charge in [0, 0.05) is 31.7 Å². The number of hydrogen-bond acceptors (Lipinski definition) is 3. The summed E-state index contributed by atoms with van der Waals surface area (Å²) >= 11 is 0. The second-order valence-corrected chi connectivity index (χ2v) is 7.59. The number of nitrogens with zero attached hydrogens (tertiary/aromatic N) is 2. The molecule has 2 rings (SSSR count). The number of benzene rings is 1. The molecule has 2 atom stereocenters. The lowest BCUT2D eigenvalue weighted by atomic mass is 9.86. The second kappa shape index (κ2) is 6.83. The maximum atomic E-state index is 12.8. The van der Waals surface area contributed by atoms with Gasteiger partial charge >= 0.3 is 0 Å². The highest BCUT2D eigenvalue weighted by Gasteiger charge is 2.38. The van der Waals surface area contributed by atoms with Crippen LogP contribution in [-0.2, 0) is 9.59 Å². The van der Waals surface area contributed by atoms with Crippen molar-refractivity contribution in [3.8, 4) is 5.75 Å². The van der Waals surface area contributed by atoms with Crippen LogP contribution in [0, 0.1) is 11.3 Å². The zero-order valence-corrected chi connectivity index (χ0v) is 15.5. The van der Waals surface area contributed by atoms with Crippen molar-refractivity contribution in [1.82, 2.24) is 4.90 Å². The molecule has 5 nitrogen and oxygen atoms in total. The van der Waals surface area contributed by atoms with Gasteiger partial charge in [0.2, 0.25) is 11.8 Å². The number of ether oxygens (including phenoxy) is 1. The molecule has 1 aromatic carbocycles. The van der Waals surface area contributed by atoms with Gasteiger partial charge in [0.15, 0.2) is 0 Å². The van der Waals surface area contributed by atoms with Gasteiger partial charge in [-0.25, -0.2) is 0 Å². The summed E-state index contributed by atoms with van der Waals surface area (Å²) in [6, 6.07) is 7.46. The number of methoxy groups -OCH3 is 1. The van der Waals surface area contributed by atoms with Gasteiger partial charge in [-0.2, -0.15) is 0 Å². The van der Waals surface area contributed by atoms with E-state index in [1.165, 1.54) is 0 Å². The van der Waals surface area contributed by atoms with Gasteiger partial charge in [0.05, 0.1) is 13.0 Å². The molecule has 1 aromatic rings. The third-order valence-electron chi connectivity index (χ3n) is 5.04. The van der Waals surface area contributed by atoms with Crippen molar-refractivity contribution in [2.24, 2.45) is 11.3 Å². The van der Waals surface area contributed by atoms with Crippen LogP contribution in [-0.4, -0.2) is 43.5 Å². The van der Waals surface area contributed by atoms with Crippen molar-refractivity contribution in [1.29, 1.82) is 0 Å². The third kappa shape index (κ3) is 3.71. The Labute approximate surface area is 144 Å². The van der Waals surface area contributed by atoms with E-state index < -0.39 is 0 Å². The predicted octanol–water partition coefficient (Wildman–Crippen LogP) is 2.94. The number of anilines is 1. The van der Waals surface area contributed by atoms with E-state index in [-0.39, 0.29) is 35.6 Å². The number of hydrogen-bond donors (Lipinski definition) is 0. The van der Waals surface area contributed by atoms with Crippen molar-refractivity contribution in [3.63, 3.8) is 0 Å². The fourth-order valence-electron chi connectivity index (χ4n) is 2.94. The van der Waals surface area contributed by atoms with E-state index >= 15 is 0 Å². The second-order valence-electron chi connectivity index (χ2n) is 7.59. The van der Waals surface area contributed by atoms with Gasteiger partial charge in [-0.1, -0.05) is 20.8 Å². The quantitative estimate of drug-likeness (QED) is 0.852. The molecule has 0 unspecified atom stereocenters. The molecule has 2 amide bonds. The summed E-state index contributed by atoms with van der Waals surface area (Å²) in [5.74, 6) is 0.503. The fraction of sp³-hybridized carbons (Fsp3) is 0.579. The first-order valence-electron chi connectivity index (χ1n) is 8.36. The highest BCUT2D eigenvalue weighted by molar-refractivity contribution is 6.00. The molecule has 24 heavy (non-hydrogen) atoms. The fourth-order valence-corrected chi connectivity index (χ4v) is 2.94.